The molecule has 1 aromatic rings. The lowest BCUT2D eigenvalue weighted by atomic mass is 9.71. The summed E-state index contributed by atoms with van der Waals surface area (Å²) in [6.45, 7) is 5.51. The third-order valence-electron chi connectivity index (χ3n) is 5.76. The third kappa shape index (κ3) is 3.82. The van der Waals surface area contributed by atoms with Crippen molar-refractivity contribution in [3.05, 3.63) is 22.4 Å². The van der Waals surface area contributed by atoms with Crippen LogP contribution in [0, 0.1) is 11.3 Å². The van der Waals surface area contributed by atoms with E-state index in [1.165, 1.54) is 0 Å². The zero-order valence-corrected chi connectivity index (χ0v) is 15.3. The largest absolute Gasteiger partial charge is 0.396 e. The molecule has 24 heavy (non-hydrogen) atoms. The van der Waals surface area contributed by atoms with Crippen molar-refractivity contribution < 1.29 is 14.6 Å². The van der Waals surface area contributed by atoms with Gasteiger partial charge in [0.2, 0.25) is 5.91 Å². The lowest BCUT2D eigenvalue weighted by molar-refractivity contribution is -0.133. The zero-order valence-electron chi connectivity index (χ0n) is 14.4. The van der Waals surface area contributed by atoms with Gasteiger partial charge in [-0.3, -0.25) is 4.79 Å². The summed E-state index contributed by atoms with van der Waals surface area (Å²) in [5.41, 5.74) is 1.28. The second-order valence-electron chi connectivity index (χ2n) is 7.16. The highest BCUT2D eigenvalue weighted by Crippen LogP contribution is 2.44. The van der Waals surface area contributed by atoms with Gasteiger partial charge in [-0.25, -0.2) is 0 Å². The molecular formula is C18H28N2O3S. The van der Waals surface area contributed by atoms with Crippen molar-refractivity contribution >= 4 is 17.2 Å². The van der Waals surface area contributed by atoms with Gasteiger partial charge in [-0.1, -0.05) is 0 Å². The van der Waals surface area contributed by atoms with Gasteiger partial charge in [0.1, 0.15) is 0 Å². The van der Waals surface area contributed by atoms with Crippen LogP contribution >= 0.6 is 11.3 Å². The highest BCUT2D eigenvalue weighted by atomic mass is 32.1. The molecule has 1 amide bonds. The summed E-state index contributed by atoms with van der Waals surface area (Å²) in [5, 5.41) is 13.9. The summed E-state index contributed by atoms with van der Waals surface area (Å²) in [4.78, 5) is 16.9. The number of carbonyl (C=O) groups is 1. The predicted molar refractivity (Wildman–Crippen MR) is 95.2 cm³/mol. The molecule has 2 fully saturated rings. The topological polar surface area (TPSA) is 53.0 Å². The molecule has 2 saturated heterocycles. The number of thiophene rings is 1. The molecule has 0 bridgehead atoms. The quantitative estimate of drug-likeness (QED) is 0.842. The van der Waals surface area contributed by atoms with Gasteiger partial charge in [0.15, 0.2) is 0 Å². The van der Waals surface area contributed by atoms with Gasteiger partial charge in [0.25, 0.3) is 0 Å². The van der Waals surface area contributed by atoms with Crippen LogP contribution in [0.5, 0.6) is 0 Å². The van der Waals surface area contributed by atoms with Crippen LogP contribution in [-0.2, 0) is 16.0 Å². The monoisotopic (exact) mass is 352 g/mol. The number of nitrogens with zero attached hydrogens (tertiary/aromatic N) is 2. The maximum atomic E-state index is 12.5. The smallest absolute Gasteiger partial charge is 0.227 e. The van der Waals surface area contributed by atoms with Crippen molar-refractivity contribution in [3.63, 3.8) is 0 Å². The molecule has 2 aliphatic rings. The Labute approximate surface area is 148 Å². The second-order valence-corrected chi connectivity index (χ2v) is 7.94. The number of hydrogen-bond acceptors (Lipinski definition) is 5. The number of amides is 1. The number of methoxy groups -OCH3 is 1. The Balaban J connectivity index is 1.55. The molecule has 0 aromatic carbocycles. The van der Waals surface area contributed by atoms with E-state index in [1.807, 2.05) is 16.3 Å². The minimum absolute atomic E-state index is 0.168. The van der Waals surface area contributed by atoms with E-state index in [4.69, 9.17) is 4.74 Å². The molecule has 0 aliphatic carbocycles. The fraction of sp³-hybridized carbons (Fsp3) is 0.722. The zero-order chi connectivity index (χ0) is 17.0. The summed E-state index contributed by atoms with van der Waals surface area (Å²) in [6, 6.07) is 2.03. The third-order valence-corrected chi connectivity index (χ3v) is 6.49. The molecule has 3 heterocycles. The fourth-order valence-electron chi connectivity index (χ4n) is 4.23. The highest BCUT2D eigenvalue weighted by Gasteiger charge is 2.47. The van der Waals surface area contributed by atoms with Gasteiger partial charge in [-0.2, -0.15) is 11.3 Å². The molecule has 0 radical (unpaired) electrons. The summed E-state index contributed by atoms with van der Waals surface area (Å²) < 4.78 is 5.19. The number of aliphatic hydroxyl groups is 1. The lowest BCUT2D eigenvalue weighted by Crippen LogP contribution is -2.47. The van der Waals surface area contributed by atoms with Crippen molar-refractivity contribution in [2.24, 2.45) is 11.3 Å². The number of carbonyl (C=O) groups excluding carboxylic acids is 1. The van der Waals surface area contributed by atoms with E-state index in [0.717, 1.165) is 57.7 Å². The van der Waals surface area contributed by atoms with E-state index in [1.54, 1.807) is 18.4 Å². The van der Waals surface area contributed by atoms with Gasteiger partial charge in [-0.15, -0.1) is 0 Å². The first-order valence-electron chi connectivity index (χ1n) is 8.78. The van der Waals surface area contributed by atoms with Crippen LogP contribution < -0.4 is 0 Å². The van der Waals surface area contributed by atoms with Crippen molar-refractivity contribution in [1.29, 1.82) is 0 Å². The molecule has 1 unspecified atom stereocenters. The maximum Gasteiger partial charge on any atom is 0.227 e. The van der Waals surface area contributed by atoms with E-state index < -0.39 is 0 Å². The number of ether oxygens (including phenoxy) is 1. The standard InChI is InChI=1S/C18H28N2O3S/c1-23-8-7-19-11-16(12-21)18(14-19)3-5-20(6-4-18)17(22)10-15-2-9-24-13-15/h2,9,13,16,21H,3-8,10-12,14H2,1H3. The van der Waals surface area contributed by atoms with Gasteiger partial charge in [-0.05, 0) is 40.6 Å². The number of rotatable bonds is 6. The van der Waals surface area contributed by atoms with Crippen LogP contribution in [0.25, 0.3) is 0 Å². The molecular weight excluding hydrogens is 324 g/mol. The first-order chi connectivity index (χ1) is 11.7. The first-order valence-corrected chi connectivity index (χ1v) is 9.72. The number of piperidine rings is 1. The van der Waals surface area contributed by atoms with Crippen LogP contribution in [0.4, 0.5) is 0 Å². The highest BCUT2D eigenvalue weighted by molar-refractivity contribution is 7.07. The van der Waals surface area contributed by atoms with Gasteiger partial charge in [0.05, 0.1) is 13.0 Å². The molecule has 6 heteroatoms. The molecule has 0 saturated carbocycles. The number of likely N-dealkylation sites (tertiary alicyclic amines) is 2. The predicted octanol–water partition coefficient (Wildman–Crippen LogP) is 1.47. The van der Waals surface area contributed by atoms with Gasteiger partial charge < -0.3 is 19.6 Å². The summed E-state index contributed by atoms with van der Waals surface area (Å²) >= 11 is 1.64. The normalized spacial score (nSPS) is 23.9. The Hall–Kier alpha value is -0.950. The summed E-state index contributed by atoms with van der Waals surface area (Å²) in [7, 11) is 1.73. The molecule has 1 aromatic heterocycles. The van der Waals surface area contributed by atoms with Crippen molar-refractivity contribution in [1.82, 2.24) is 9.80 Å². The fourth-order valence-corrected chi connectivity index (χ4v) is 4.90. The van der Waals surface area contributed by atoms with Gasteiger partial charge >= 0.3 is 0 Å². The van der Waals surface area contributed by atoms with E-state index in [-0.39, 0.29) is 17.9 Å². The van der Waals surface area contributed by atoms with Crippen LogP contribution in [0.15, 0.2) is 16.8 Å². The number of hydrogen-bond donors (Lipinski definition) is 1. The van der Waals surface area contributed by atoms with Crippen molar-refractivity contribution in [2.45, 2.75) is 19.3 Å². The molecule has 1 spiro atoms. The maximum absolute atomic E-state index is 12.5. The lowest BCUT2D eigenvalue weighted by Gasteiger charge is -2.42. The molecule has 1 atom stereocenters. The van der Waals surface area contributed by atoms with E-state index in [2.05, 4.69) is 10.3 Å². The Morgan fingerprint density at radius 3 is 2.88 bits per heavy atom. The second kappa shape index (κ2) is 7.95. The Kier molecular flexibility index (Phi) is 5.92. The Morgan fingerprint density at radius 1 is 1.46 bits per heavy atom. The minimum Gasteiger partial charge on any atom is -0.396 e. The van der Waals surface area contributed by atoms with E-state index in [9.17, 15) is 9.90 Å². The first kappa shape index (κ1) is 17.9. The van der Waals surface area contributed by atoms with E-state index >= 15 is 0 Å². The molecule has 5 nitrogen and oxygen atoms in total. The summed E-state index contributed by atoms with van der Waals surface area (Å²) in [5.74, 6) is 0.557. The molecule has 2 aliphatic heterocycles. The summed E-state index contributed by atoms with van der Waals surface area (Å²) in [6.07, 6.45) is 2.51. The van der Waals surface area contributed by atoms with Crippen molar-refractivity contribution in [3.8, 4) is 0 Å². The Morgan fingerprint density at radius 2 is 2.25 bits per heavy atom. The SMILES string of the molecule is COCCN1CC(CO)C2(CCN(C(=O)Cc3ccsc3)CC2)C1. The van der Waals surface area contributed by atoms with Crippen LogP contribution in [-0.4, -0.2) is 73.9 Å². The Bertz CT molecular complexity index is 526. The van der Waals surface area contributed by atoms with Crippen LogP contribution in [0.3, 0.4) is 0 Å². The minimum atomic E-state index is 0.168. The van der Waals surface area contributed by atoms with Crippen LogP contribution in [0.2, 0.25) is 0 Å². The molecule has 1 N–H and O–H groups in total. The average molecular weight is 353 g/mol. The van der Waals surface area contributed by atoms with E-state index in [0.29, 0.717) is 12.3 Å². The number of aliphatic hydroxyl groups excluding tert-OH is 1. The average Bonchev–Trinajstić information content (AvgIpc) is 3.21. The van der Waals surface area contributed by atoms with Crippen LogP contribution in [0.1, 0.15) is 18.4 Å². The molecule has 3 rings (SSSR count). The van der Waals surface area contributed by atoms with Crippen molar-refractivity contribution in [2.75, 3.05) is 53.0 Å². The van der Waals surface area contributed by atoms with Gasteiger partial charge in [0, 0.05) is 52.4 Å². The molecule has 134 valence electrons.